The van der Waals surface area contributed by atoms with Gasteiger partial charge in [-0.05, 0) is 31.4 Å². The monoisotopic (exact) mass is 329 g/mol. The first kappa shape index (κ1) is 18.2. The van der Waals surface area contributed by atoms with Gasteiger partial charge in [-0.2, -0.15) is 5.10 Å². The van der Waals surface area contributed by atoms with Crippen molar-refractivity contribution < 1.29 is 9.69 Å². The predicted molar refractivity (Wildman–Crippen MR) is 96.9 cm³/mol. The number of carbonyl (C=O) groups excluding carboxylic acids is 1. The molecule has 0 atom stereocenters. The van der Waals surface area contributed by atoms with E-state index in [1.165, 1.54) is 4.90 Å². The molecule has 2 aromatic rings. The Hall–Kier alpha value is -2.14. The number of amides is 1. The maximum Gasteiger partial charge on any atom is 0.255 e. The molecule has 0 spiro atoms. The van der Waals surface area contributed by atoms with Crippen LogP contribution in [0.4, 0.5) is 0 Å². The number of rotatable bonds is 7. The Labute approximate surface area is 144 Å². The van der Waals surface area contributed by atoms with Crippen LogP contribution in [-0.2, 0) is 6.42 Å². The van der Waals surface area contributed by atoms with Gasteiger partial charge in [0.25, 0.3) is 5.91 Å². The van der Waals surface area contributed by atoms with Gasteiger partial charge in [-0.3, -0.25) is 4.79 Å². The summed E-state index contributed by atoms with van der Waals surface area (Å²) in [5.74, 6) is 0.424. The molecular formula is C19H29N4O+. The lowest BCUT2D eigenvalue weighted by Gasteiger charge is -2.10. The first-order valence-corrected chi connectivity index (χ1v) is 8.61. The van der Waals surface area contributed by atoms with Gasteiger partial charge >= 0.3 is 0 Å². The molecule has 0 aliphatic carbocycles. The highest BCUT2D eigenvalue weighted by atomic mass is 16.1. The Bertz CT molecular complexity index is 674. The Balaban J connectivity index is 2.34. The largest absolute Gasteiger partial charge is 0.346 e. The van der Waals surface area contributed by atoms with Crippen LogP contribution in [0.25, 0.3) is 5.69 Å². The van der Waals surface area contributed by atoms with E-state index in [4.69, 9.17) is 5.10 Å². The second-order valence-corrected chi connectivity index (χ2v) is 6.97. The highest BCUT2D eigenvalue weighted by Gasteiger charge is 2.22. The summed E-state index contributed by atoms with van der Waals surface area (Å²) < 4.78 is 1.88. The van der Waals surface area contributed by atoms with Gasteiger partial charge in [-0.15, -0.1) is 0 Å². The van der Waals surface area contributed by atoms with Gasteiger partial charge in [0.05, 0.1) is 49.8 Å². The van der Waals surface area contributed by atoms with Crippen molar-refractivity contribution in [3.63, 3.8) is 0 Å². The molecule has 5 nitrogen and oxygen atoms in total. The second kappa shape index (κ2) is 8.11. The predicted octanol–water partition coefficient (Wildman–Crippen LogP) is 1.25. The molecule has 1 amide bonds. The van der Waals surface area contributed by atoms with Crippen molar-refractivity contribution in [3.8, 4) is 5.69 Å². The fraction of sp³-hybridized carbons (Fsp3) is 0.474. The summed E-state index contributed by atoms with van der Waals surface area (Å²) in [6, 6.07) is 9.97. The third kappa shape index (κ3) is 4.45. The normalized spacial score (nSPS) is 11.3. The second-order valence-electron chi connectivity index (χ2n) is 6.97. The first-order valence-electron chi connectivity index (χ1n) is 8.61. The van der Waals surface area contributed by atoms with E-state index in [0.717, 1.165) is 35.6 Å². The maximum absolute atomic E-state index is 12.7. The van der Waals surface area contributed by atoms with Gasteiger partial charge in [0, 0.05) is 0 Å². The van der Waals surface area contributed by atoms with Crippen LogP contribution in [0.15, 0.2) is 30.3 Å². The molecule has 1 aromatic carbocycles. The Morgan fingerprint density at radius 2 is 1.92 bits per heavy atom. The lowest BCUT2D eigenvalue weighted by molar-refractivity contribution is -0.856. The van der Waals surface area contributed by atoms with E-state index in [9.17, 15) is 4.79 Å². The zero-order chi connectivity index (χ0) is 17.7. The number of carbonyl (C=O) groups is 1. The molecule has 0 saturated heterocycles. The number of hydrogen-bond donors (Lipinski definition) is 2. The summed E-state index contributed by atoms with van der Waals surface area (Å²) in [7, 11) is 4.16. The maximum atomic E-state index is 12.7. The molecule has 0 radical (unpaired) electrons. The van der Waals surface area contributed by atoms with Gasteiger partial charge in [0.15, 0.2) is 0 Å². The van der Waals surface area contributed by atoms with E-state index in [2.05, 4.69) is 33.3 Å². The molecule has 0 aliphatic rings. The van der Waals surface area contributed by atoms with Gasteiger partial charge < -0.3 is 10.2 Å². The number of para-hydroxylation sites is 1. The van der Waals surface area contributed by atoms with Crippen molar-refractivity contribution in [2.75, 3.05) is 27.2 Å². The van der Waals surface area contributed by atoms with E-state index in [1.54, 1.807) is 0 Å². The van der Waals surface area contributed by atoms with Crippen LogP contribution >= 0.6 is 0 Å². The lowest BCUT2D eigenvalue weighted by atomic mass is 10.0. The van der Waals surface area contributed by atoms with Crippen LogP contribution in [0.5, 0.6) is 0 Å². The molecule has 0 unspecified atom stereocenters. The Kier molecular flexibility index (Phi) is 6.15. The summed E-state index contributed by atoms with van der Waals surface area (Å²) >= 11 is 0. The number of nitrogens with one attached hydrogen (secondary N) is 2. The number of quaternary nitrogens is 1. The van der Waals surface area contributed by atoms with Crippen LogP contribution in [-0.4, -0.2) is 42.9 Å². The average molecular weight is 329 g/mol. The zero-order valence-electron chi connectivity index (χ0n) is 15.4. The van der Waals surface area contributed by atoms with Crippen LogP contribution in [0.1, 0.15) is 35.6 Å². The van der Waals surface area contributed by atoms with Crippen LogP contribution < -0.4 is 10.2 Å². The molecule has 0 saturated carbocycles. The zero-order valence-corrected chi connectivity index (χ0v) is 15.4. The molecule has 0 aliphatic heterocycles. The van der Waals surface area contributed by atoms with Gasteiger partial charge in [-0.1, -0.05) is 32.0 Å². The highest BCUT2D eigenvalue weighted by molar-refractivity contribution is 5.96. The molecule has 1 heterocycles. The summed E-state index contributed by atoms with van der Waals surface area (Å²) in [4.78, 5) is 14.0. The van der Waals surface area contributed by atoms with Crippen molar-refractivity contribution in [1.29, 1.82) is 0 Å². The summed E-state index contributed by atoms with van der Waals surface area (Å²) in [6.45, 7) is 7.83. The minimum atomic E-state index is -0.0217. The first-order chi connectivity index (χ1) is 11.4. The average Bonchev–Trinajstić information content (AvgIpc) is 2.83. The summed E-state index contributed by atoms with van der Waals surface area (Å²) in [5.41, 5.74) is 3.48. The third-order valence-corrected chi connectivity index (χ3v) is 3.93. The topological polar surface area (TPSA) is 51.4 Å². The number of hydrogen-bond acceptors (Lipinski definition) is 2. The van der Waals surface area contributed by atoms with Crippen molar-refractivity contribution in [3.05, 3.63) is 47.3 Å². The fourth-order valence-electron chi connectivity index (χ4n) is 2.72. The van der Waals surface area contributed by atoms with E-state index < -0.39 is 0 Å². The van der Waals surface area contributed by atoms with Crippen molar-refractivity contribution in [2.45, 2.75) is 27.2 Å². The van der Waals surface area contributed by atoms with E-state index in [1.807, 2.05) is 41.9 Å². The van der Waals surface area contributed by atoms with Crippen molar-refractivity contribution in [2.24, 2.45) is 5.92 Å². The van der Waals surface area contributed by atoms with Crippen molar-refractivity contribution in [1.82, 2.24) is 15.1 Å². The van der Waals surface area contributed by atoms with Crippen LogP contribution in [0.2, 0.25) is 0 Å². The molecule has 24 heavy (non-hydrogen) atoms. The molecule has 2 rings (SSSR count). The molecule has 2 N–H and O–H groups in total. The standard InChI is InChI=1S/C19H28N4O/c1-14(2)13-17-18(19(24)20-11-12-22(4)5)15(3)23(21-17)16-9-7-6-8-10-16/h6-10,14H,11-13H2,1-5H3,(H,20,24)/p+1. The fourth-order valence-corrected chi connectivity index (χ4v) is 2.72. The summed E-state index contributed by atoms with van der Waals surface area (Å²) in [5, 5.41) is 7.77. The lowest BCUT2D eigenvalue weighted by Crippen LogP contribution is -3.06. The van der Waals surface area contributed by atoms with Gasteiger partial charge in [-0.25, -0.2) is 4.68 Å². The number of likely N-dealkylation sites (N-methyl/N-ethyl adjacent to an activating group) is 1. The minimum Gasteiger partial charge on any atom is -0.346 e. The number of aromatic nitrogens is 2. The highest BCUT2D eigenvalue weighted by Crippen LogP contribution is 2.20. The molecule has 5 heteroatoms. The smallest absolute Gasteiger partial charge is 0.255 e. The van der Waals surface area contributed by atoms with Gasteiger partial charge in [0.2, 0.25) is 0 Å². The Morgan fingerprint density at radius 1 is 1.25 bits per heavy atom. The van der Waals surface area contributed by atoms with Crippen LogP contribution in [0.3, 0.4) is 0 Å². The molecule has 130 valence electrons. The van der Waals surface area contributed by atoms with E-state index in [0.29, 0.717) is 12.5 Å². The SMILES string of the molecule is Cc1c(C(=O)NCC[NH+](C)C)c(CC(C)C)nn1-c1ccccc1. The molecule has 0 bridgehead atoms. The third-order valence-electron chi connectivity index (χ3n) is 3.93. The van der Waals surface area contributed by atoms with E-state index in [-0.39, 0.29) is 5.91 Å². The van der Waals surface area contributed by atoms with E-state index >= 15 is 0 Å². The summed E-state index contributed by atoms with van der Waals surface area (Å²) in [6.07, 6.45) is 0.794. The molecular weight excluding hydrogens is 300 g/mol. The molecule has 0 fully saturated rings. The Morgan fingerprint density at radius 3 is 2.50 bits per heavy atom. The molecule has 1 aromatic heterocycles. The van der Waals surface area contributed by atoms with Crippen molar-refractivity contribution >= 4 is 5.91 Å². The number of nitrogens with zero attached hydrogens (tertiary/aromatic N) is 2. The van der Waals surface area contributed by atoms with Gasteiger partial charge in [0.1, 0.15) is 0 Å². The van der Waals surface area contributed by atoms with Crippen LogP contribution in [0, 0.1) is 12.8 Å². The minimum absolute atomic E-state index is 0.0217. The number of benzene rings is 1. The quantitative estimate of drug-likeness (QED) is 0.803.